The molecule has 0 saturated heterocycles. The van der Waals surface area contributed by atoms with Crippen molar-refractivity contribution in [2.45, 2.75) is 37.6 Å². The van der Waals surface area contributed by atoms with Crippen molar-refractivity contribution in [1.82, 2.24) is 0 Å². The van der Waals surface area contributed by atoms with E-state index in [1.807, 2.05) is 18.2 Å². The summed E-state index contributed by atoms with van der Waals surface area (Å²) >= 11 is 0. The highest BCUT2D eigenvalue weighted by Crippen LogP contribution is 2.58. The number of hydrogen-bond donors (Lipinski definition) is 1. The van der Waals surface area contributed by atoms with Crippen LogP contribution < -0.4 is 5.32 Å². The second-order valence-electron chi connectivity index (χ2n) is 6.78. The average molecular weight is 252 g/mol. The molecule has 98 valence electrons. The Morgan fingerprint density at radius 1 is 0.947 bits per heavy atom. The third-order valence-corrected chi connectivity index (χ3v) is 5.74. The Hall–Kier alpha value is -1.49. The van der Waals surface area contributed by atoms with Gasteiger partial charge in [-0.05, 0) is 67.9 Å². The summed E-state index contributed by atoms with van der Waals surface area (Å²) in [6, 6.07) is 13.0. The smallest absolute Gasteiger partial charge is 0.131 e. The summed E-state index contributed by atoms with van der Waals surface area (Å²) < 4.78 is 0. The molecule has 2 nitrogen and oxygen atoms in total. The number of hydrogen-bond acceptors (Lipinski definition) is 2. The minimum atomic E-state index is -0.297. The van der Waals surface area contributed by atoms with Gasteiger partial charge in [0.15, 0.2) is 0 Å². The van der Waals surface area contributed by atoms with Crippen LogP contribution in [0.5, 0.6) is 0 Å². The summed E-state index contributed by atoms with van der Waals surface area (Å²) in [4.78, 5) is 0. The van der Waals surface area contributed by atoms with Crippen LogP contribution in [0.1, 0.15) is 32.1 Å². The van der Waals surface area contributed by atoms with Crippen molar-refractivity contribution in [2.75, 3.05) is 5.32 Å². The largest absolute Gasteiger partial charge is 0.367 e. The topological polar surface area (TPSA) is 35.8 Å². The normalized spacial score (nSPS) is 42.9. The summed E-state index contributed by atoms with van der Waals surface area (Å²) in [6.45, 7) is 0. The third-order valence-electron chi connectivity index (χ3n) is 5.74. The number of nitrogens with zero attached hydrogens (tertiary/aromatic N) is 1. The molecular weight excluding hydrogens is 232 g/mol. The maximum Gasteiger partial charge on any atom is 0.131 e. The second kappa shape index (κ2) is 4.00. The zero-order valence-electron chi connectivity index (χ0n) is 11.2. The van der Waals surface area contributed by atoms with E-state index in [0.29, 0.717) is 11.8 Å². The fraction of sp³-hybridized carbons (Fsp3) is 0.588. The van der Waals surface area contributed by atoms with Crippen LogP contribution in [0.2, 0.25) is 0 Å². The predicted octanol–water partition coefficient (Wildman–Crippen LogP) is 3.82. The molecule has 4 aliphatic carbocycles. The van der Waals surface area contributed by atoms with Crippen molar-refractivity contribution in [1.29, 1.82) is 5.26 Å². The number of anilines is 1. The van der Waals surface area contributed by atoms with Crippen molar-refractivity contribution in [3.05, 3.63) is 30.3 Å². The molecule has 5 rings (SSSR count). The summed E-state index contributed by atoms with van der Waals surface area (Å²) in [5.41, 5.74) is 0.811. The lowest BCUT2D eigenvalue weighted by molar-refractivity contribution is -0.0206. The molecule has 4 fully saturated rings. The molecule has 0 atom stereocenters. The number of nitriles is 1. The van der Waals surface area contributed by atoms with E-state index in [1.165, 1.54) is 32.1 Å². The summed E-state index contributed by atoms with van der Waals surface area (Å²) in [5, 5.41) is 13.5. The first-order valence-corrected chi connectivity index (χ1v) is 7.54. The molecule has 1 N–H and O–H groups in total. The highest BCUT2D eigenvalue weighted by molar-refractivity contribution is 5.49. The molecule has 0 heterocycles. The van der Waals surface area contributed by atoms with Crippen LogP contribution in [0.3, 0.4) is 0 Å². The Bertz CT molecular complexity index is 486. The van der Waals surface area contributed by atoms with Crippen molar-refractivity contribution in [2.24, 2.45) is 23.7 Å². The molecular formula is C17H20N2. The minimum absolute atomic E-state index is 0.297. The van der Waals surface area contributed by atoms with E-state index in [9.17, 15) is 5.26 Å². The highest BCUT2D eigenvalue weighted by Gasteiger charge is 2.57. The van der Waals surface area contributed by atoms with Gasteiger partial charge in [-0.2, -0.15) is 5.26 Å². The van der Waals surface area contributed by atoms with E-state index in [2.05, 4.69) is 23.5 Å². The van der Waals surface area contributed by atoms with Gasteiger partial charge in [-0.15, -0.1) is 0 Å². The van der Waals surface area contributed by atoms with Crippen molar-refractivity contribution in [3.8, 4) is 6.07 Å². The monoisotopic (exact) mass is 252 g/mol. The zero-order valence-corrected chi connectivity index (χ0v) is 11.2. The van der Waals surface area contributed by atoms with E-state index < -0.39 is 0 Å². The Labute approximate surface area is 114 Å². The zero-order chi connectivity index (χ0) is 12.9. The fourth-order valence-electron chi connectivity index (χ4n) is 5.10. The molecule has 0 aliphatic heterocycles. The van der Waals surface area contributed by atoms with Crippen LogP contribution >= 0.6 is 0 Å². The SMILES string of the molecule is N#CC1(Nc2ccccc2)C2CC3CC(C2)CC1C3. The average Bonchev–Trinajstić information content (AvgIpc) is 2.43. The molecule has 0 aromatic heterocycles. The van der Waals surface area contributed by atoms with E-state index in [0.717, 1.165) is 17.5 Å². The van der Waals surface area contributed by atoms with Crippen LogP contribution in [0.15, 0.2) is 30.3 Å². The van der Waals surface area contributed by atoms with Gasteiger partial charge in [-0.25, -0.2) is 0 Å². The third kappa shape index (κ3) is 1.61. The van der Waals surface area contributed by atoms with Gasteiger partial charge in [0.25, 0.3) is 0 Å². The molecule has 0 spiro atoms. The molecule has 1 aromatic carbocycles. The molecule has 2 heteroatoms. The van der Waals surface area contributed by atoms with E-state index in [1.54, 1.807) is 0 Å². The van der Waals surface area contributed by atoms with Crippen molar-refractivity contribution >= 4 is 5.69 Å². The Balaban J connectivity index is 1.69. The Kier molecular flexibility index (Phi) is 2.39. The van der Waals surface area contributed by atoms with Gasteiger partial charge in [0.1, 0.15) is 5.54 Å². The summed E-state index contributed by atoms with van der Waals surface area (Å²) in [7, 11) is 0. The molecule has 0 radical (unpaired) electrons. The van der Waals surface area contributed by atoms with Crippen LogP contribution in [0.25, 0.3) is 0 Å². The molecule has 4 bridgehead atoms. The molecule has 0 amide bonds. The van der Waals surface area contributed by atoms with Gasteiger partial charge >= 0.3 is 0 Å². The van der Waals surface area contributed by atoms with Crippen molar-refractivity contribution < 1.29 is 0 Å². The maximum atomic E-state index is 9.90. The lowest BCUT2D eigenvalue weighted by Gasteiger charge is -2.58. The minimum Gasteiger partial charge on any atom is -0.367 e. The second-order valence-corrected chi connectivity index (χ2v) is 6.78. The summed E-state index contributed by atoms with van der Waals surface area (Å²) in [5.74, 6) is 2.94. The summed E-state index contributed by atoms with van der Waals surface area (Å²) in [6.07, 6.45) is 6.49. The first-order chi connectivity index (χ1) is 9.30. The Morgan fingerprint density at radius 3 is 2.05 bits per heavy atom. The quantitative estimate of drug-likeness (QED) is 0.868. The highest BCUT2D eigenvalue weighted by atomic mass is 15.0. The van der Waals surface area contributed by atoms with Crippen LogP contribution in [0.4, 0.5) is 5.69 Å². The predicted molar refractivity (Wildman–Crippen MR) is 75.5 cm³/mol. The van der Waals surface area contributed by atoms with Gasteiger partial charge < -0.3 is 5.32 Å². The van der Waals surface area contributed by atoms with Gasteiger partial charge in [-0.1, -0.05) is 18.2 Å². The van der Waals surface area contributed by atoms with Gasteiger partial charge in [0.2, 0.25) is 0 Å². The maximum absolute atomic E-state index is 9.90. The molecule has 4 aliphatic rings. The van der Waals surface area contributed by atoms with Crippen molar-refractivity contribution in [3.63, 3.8) is 0 Å². The molecule has 4 saturated carbocycles. The molecule has 1 aromatic rings. The van der Waals surface area contributed by atoms with Gasteiger partial charge in [0, 0.05) is 5.69 Å². The van der Waals surface area contributed by atoms with E-state index in [4.69, 9.17) is 0 Å². The molecule has 19 heavy (non-hydrogen) atoms. The van der Waals surface area contributed by atoms with Crippen LogP contribution in [-0.2, 0) is 0 Å². The lowest BCUT2D eigenvalue weighted by atomic mass is 9.49. The standard InChI is InChI=1S/C17H20N2/c18-11-17(19-16-4-2-1-3-5-16)14-7-12-6-13(9-14)10-15(17)8-12/h1-5,12-15,19H,6-10H2. The number of rotatable bonds is 2. The van der Waals surface area contributed by atoms with Gasteiger partial charge in [0.05, 0.1) is 6.07 Å². The van der Waals surface area contributed by atoms with E-state index in [-0.39, 0.29) is 5.54 Å². The first-order valence-electron chi connectivity index (χ1n) is 7.54. The van der Waals surface area contributed by atoms with Crippen LogP contribution in [0, 0.1) is 35.0 Å². The number of nitrogens with one attached hydrogen (secondary N) is 1. The Morgan fingerprint density at radius 2 is 1.53 bits per heavy atom. The lowest BCUT2D eigenvalue weighted by Crippen LogP contribution is -2.61. The first kappa shape index (κ1) is 11.3. The van der Waals surface area contributed by atoms with E-state index >= 15 is 0 Å². The van der Waals surface area contributed by atoms with Crippen LogP contribution in [-0.4, -0.2) is 5.54 Å². The number of para-hydroxylation sites is 1. The fourth-order valence-corrected chi connectivity index (χ4v) is 5.10. The molecule has 0 unspecified atom stereocenters. The van der Waals surface area contributed by atoms with Gasteiger partial charge in [-0.3, -0.25) is 0 Å². The number of benzene rings is 1.